The SMILES string of the molecule is CC(C)OCCCNC(=O)C1CCN(CCC(=O)Nc2ccc(S(N)(=O)=O)cc2)CC1. The number of primary sulfonamides is 1. The second kappa shape index (κ2) is 12.1. The standard InChI is InChI=1S/C21H34N4O5S/c1-16(2)30-15-3-11-23-21(27)17-8-12-25(13-9-17)14-10-20(26)24-18-4-6-19(7-5-18)31(22,28)29/h4-7,16-17H,3,8-15H2,1-2H3,(H,23,27)(H,24,26)(H2,22,28,29). The predicted octanol–water partition coefficient (Wildman–Crippen LogP) is 1.31. The quantitative estimate of drug-likeness (QED) is 0.432. The van der Waals surface area contributed by atoms with Crippen LogP contribution < -0.4 is 15.8 Å². The summed E-state index contributed by atoms with van der Waals surface area (Å²) in [5.74, 6) is -0.0230. The molecule has 0 atom stereocenters. The van der Waals surface area contributed by atoms with Crippen LogP contribution in [0.2, 0.25) is 0 Å². The van der Waals surface area contributed by atoms with Gasteiger partial charge in [-0.15, -0.1) is 0 Å². The minimum absolute atomic E-state index is 0.00120. The molecule has 1 heterocycles. The summed E-state index contributed by atoms with van der Waals surface area (Å²) >= 11 is 0. The van der Waals surface area contributed by atoms with E-state index >= 15 is 0 Å². The van der Waals surface area contributed by atoms with Crippen LogP contribution in [0.15, 0.2) is 29.2 Å². The highest BCUT2D eigenvalue weighted by Crippen LogP contribution is 2.18. The molecule has 0 aliphatic carbocycles. The maximum Gasteiger partial charge on any atom is 0.238 e. The molecule has 31 heavy (non-hydrogen) atoms. The van der Waals surface area contributed by atoms with Gasteiger partial charge in [-0.05, 0) is 70.5 Å². The number of carbonyl (C=O) groups is 2. The van der Waals surface area contributed by atoms with Crippen LogP contribution >= 0.6 is 0 Å². The smallest absolute Gasteiger partial charge is 0.238 e. The van der Waals surface area contributed by atoms with Crippen LogP contribution in [0.1, 0.15) is 39.5 Å². The third kappa shape index (κ3) is 9.34. The van der Waals surface area contributed by atoms with Crippen LogP contribution in [-0.4, -0.2) is 64.0 Å². The number of nitrogens with one attached hydrogen (secondary N) is 2. The van der Waals surface area contributed by atoms with Crippen molar-refractivity contribution in [2.75, 3.05) is 38.1 Å². The van der Waals surface area contributed by atoms with Crippen LogP contribution in [0.5, 0.6) is 0 Å². The average molecular weight is 455 g/mol. The maximum atomic E-state index is 12.3. The zero-order chi connectivity index (χ0) is 22.9. The molecule has 174 valence electrons. The Hall–Kier alpha value is -2.01. The lowest BCUT2D eigenvalue weighted by molar-refractivity contribution is -0.126. The zero-order valence-corrected chi connectivity index (χ0v) is 19.1. The van der Waals surface area contributed by atoms with E-state index in [1.807, 2.05) is 13.8 Å². The van der Waals surface area contributed by atoms with Crippen molar-refractivity contribution >= 4 is 27.5 Å². The lowest BCUT2D eigenvalue weighted by atomic mass is 9.96. The molecule has 2 rings (SSSR count). The minimum Gasteiger partial charge on any atom is -0.379 e. The van der Waals surface area contributed by atoms with E-state index in [1.165, 1.54) is 24.3 Å². The van der Waals surface area contributed by atoms with E-state index < -0.39 is 10.0 Å². The fraction of sp³-hybridized carbons (Fsp3) is 0.619. The number of piperidine rings is 1. The average Bonchev–Trinajstić information content (AvgIpc) is 2.72. The molecule has 1 saturated heterocycles. The number of carbonyl (C=O) groups excluding carboxylic acids is 2. The monoisotopic (exact) mass is 454 g/mol. The lowest BCUT2D eigenvalue weighted by Gasteiger charge is -2.31. The molecule has 1 aromatic rings. The second-order valence-electron chi connectivity index (χ2n) is 8.05. The van der Waals surface area contributed by atoms with Crippen LogP contribution in [0.4, 0.5) is 5.69 Å². The van der Waals surface area contributed by atoms with Gasteiger partial charge in [-0.3, -0.25) is 9.59 Å². The molecule has 0 spiro atoms. The highest BCUT2D eigenvalue weighted by molar-refractivity contribution is 7.89. The van der Waals surface area contributed by atoms with Gasteiger partial charge >= 0.3 is 0 Å². The van der Waals surface area contributed by atoms with Gasteiger partial charge in [0.1, 0.15) is 0 Å². The Labute approximate surface area is 184 Å². The zero-order valence-electron chi connectivity index (χ0n) is 18.3. The van der Waals surface area contributed by atoms with Crippen molar-refractivity contribution in [1.82, 2.24) is 10.2 Å². The van der Waals surface area contributed by atoms with Crippen LogP contribution in [-0.2, 0) is 24.3 Å². The summed E-state index contributed by atoms with van der Waals surface area (Å²) in [6, 6.07) is 5.74. The number of sulfonamides is 1. The first-order valence-electron chi connectivity index (χ1n) is 10.7. The largest absolute Gasteiger partial charge is 0.379 e. The third-order valence-corrected chi connectivity index (χ3v) is 6.08. The molecule has 0 unspecified atom stereocenters. The van der Waals surface area contributed by atoms with E-state index in [9.17, 15) is 18.0 Å². The summed E-state index contributed by atoms with van der Waals surface area (Å²) in [7, 11) is -3.75. The van der Waals surface area contributed by atoms with Gasteiger partial charge in [-0.2, -0.15) is 0 Å². The summed E-state index contributed by atoms with van der Waals surface area (Å²) < 4.78 is 28.0. The van der Waals surface area contributed by atoms with E-state index in [2.05, 4.69) is 15.5 Å². The predicted molar refractivity (Wildman–Crippen MR) is 119 cm³/mol. The Morgan fingerprint density at radius 1 is 1.19 bits per heavy atom. The number of anilines is 1. The van der Waals surface area contributed by atoms with Crippen LogP contribution in [0.3, 0.4) is 0 Å². The topological polar surface area (TPSA) is 131 Å². The fourth-order valence-corrected chi connectivity index (χ4v) is 3.89. The molecule has 2 amide bonds. The summed E-state index contributed by atoms with van der Waals surface area (Å²) in [5, 5.41) is 10.8. The highest BCUT2D eigenvalue weighted by atomic mass is 32.2. The normalized spacial score (nSPS) is 15.7. The molecule has 0 radical (unpaired) electrons. The van der Waals surface area contributed by atoms with Gasteiger partial charge in [0.05, 0.1) is 11.0 Å². The summed E-state index contributed by atoms with van der Waals surface area (Å²) in [4.78, 5) is 26.6. The molecule has 1 aliphatic rings. The van der Waals surface area contributed by atoms with E-state index in [4.69, 9.17) is 9.88 Å². The molecule has 0 bridgehead atoms. The molecular weight excluding hydrogens is 420 g/mol. The van der Waals surface area contributed by atoms with Crippen LogP contribution in [0.25, 0.3) is 0 Å². The van der Waals surface area contributed by atoms with Crippen molar-refractivity contribution in [3.05, 3.63) is 24.3 Å². The first-order chi connectivity index (χ1) is 14.6. The van der Waals surface area contributed by atoms with E-state index in [0.717, 1.165) is 32.4 Å². The molecule has 0 saturated carbocycles. The first-order valence-corrected chi connectivity index (χ1v) is 12.2. The number of benzene rings is 1. The number of likely N-dealkylation sites (tertiary alicyclic amines) is 1. The van der Waals surface area contributed by atoms with Crippen molar-refractivity contribution < 1.29 is 22.7 Å². The molecule has 9 nitrogen and oxygen atoms in total. The summed E-state index contributed by atoms with van der Waals surface area (Å²) in [5.41, 5.74) is 0.520. The number of amides is 2. The molecule has 1 fully saturated rings. The fourth-order valence-electron chi connectivity index (χ4n) is 3.38. The molecule has 0 aromatic heterocycles. The van der Waals surface area contributed by atoms with Crippen LogP contribution in [0, 0.1) is 5.92 Å². The van der Waals surface area contributed by atoms with E-state index in [0.29, 0.717) is 31.8 Å². The van der Waals surface area contributed by atoms with Crippen molar-refractivity contribution in [3.8, 4) is 0 Å². The van der Waals surface area contributed by atoms with E-state index in [1.54, 1.807) is 0 Å². The molecule has 1 aromatic carbocycles. The number of rotatable bonds is 11. The third-order valence-electron chi connectivity index (χ3n) is 5.15. The Balaban J connectivity index is 1.63. The Bertz CT molecular complexity index is 819. The van der Waals surface area contributed by atoms with Crippen molar-refractivity contribution in [3.63, 3.8) is 0 Å². The van der Waals surface area contributed by atoms with Gasteiger partial charge in [0, 0.05) is 37.7 Å². The molecule has 10 heteroatoms. The number of nitrogens with zero attached hydrogens (tertiary/aromatic N) is 1. The Kier molecular flexibility index (Phi) is 9.89. The summed E-state index contributed by atoms with van der Waals surface area (Å²) in [6.45, 7) is 7.44. The number of hydrogen-bond acceptors (Lipinski definition) is 6. The maximum absolute atomic E-state index is 12.3. The van der Waals surface area contributed by atoms with Gasteiger partial charge in [-0.1, -0.05) is 0 Å². The lowest BCUT2D eigenvalue weighted by Crippen LogP contribution is -2.41. The highest BCUT2D eigenvalue weighted by Gasteiger charge is 2.24. The molecule has 1 aliphatic heterocycles. The van der Waals surface area contributed by atoms with Gasteiger partial charge in [0.2, 0.25) is 21.8 Å². The van der Waals surface area contributed by atoms with E-state index in [-0.39, 0.29) is 28.7 Å². The van der Waals surface area contributed by atoms with Crippen molar-refractivity contribution in [2.45, 2.75) is 50.5 Å². The minimum atomic E-state index is -3.75. The second-order valence-corrected chi connectivity index (χ2v) is 9.61. The van der Waals surface area contributed by atoms with Gasteiger partial charge in [0.15, 0.2) is 0 Å². The number of nitrogens with two attached hydrogens (primary N) is 1. The molecule has 4 N–H and O–H groups in total. The number of ether oxygens (including phenoxy) is 1. The number of hydrogen-bond donors (Lipinski definition) is 3. The van der Waals surface area contributed by atoms with Crippen molar-refractivity contribution in [2.24, 2.45) is 11.1 Å². The Morgan fingerprint density at radius 2 is 1.84 bits per heavy atom. The first kappa shape index (κ1) is 25.3. The molecular formula is C21H34N4O5S. The van der Waals surface area contributed by atoms with Gasteiger partial charge in [0.25, 0.3) is 0 Å². The van der Waals surface area contributed by atoms with Gasteiger partial charge < -0.3 is 20.3 Å². The summed E-state index contributed by atoms with van der Waals surface area (Å²) in [6.07, 6.45) is 2.90. The van der Waals surface area contributed by atoms with Crippen molar-refractivity contribution in [1.29, 1.82) is 0 Å². The van der Waals surface area contributed by atoms with Gasteiger partial charge in [-0.25, -0.2) is 13.6 Å². The Morgan fingerprint density at radius 3 is 2.42 bits per heavy atom.